The van der Waals surface area contributed by atoms with E-state index in [4.69, 9.17) is 16.7 Å². The fraction of sp³-hybridized carbons (Fsp3) is 0.357. The van der Waals surface area contributed by atoms with Gasteiger partial charge in [-0.05, 0) is 69.1 Å². The average Bonchev–Trinajstić information content (AvgIpc) is 3.55. The van der Waals surface area contributed by atoms with Crippen LogP contribution in [-0.4, -0.2) is 42.2 Å². The molecule has 1 aliphatic heterocycles. The first-order chi connectivity index (χ1) is 18.3. The number of piperidine rings is 1. The zero-order valence-electron chi connectivity index (χ0n) is 22.0. The lowest BCUT2D eigenvalue weighted by atomic mass is 9.95. The second kappa shape index (κ2) is 9.56. The van der Waals surface area contributed by atoms with Crippen LogP contribution in [0.25, 0.3) is 33.1 Å². The number of halogens is 1. The van der Waals surface area contributed by atoms with Crippen molar-refractivity contribution in [3.8, 4) is 11.3 Å². The third-order valence-corrected chi connectivity index (χ3v) is 7.72. The molecule has 0 aliphatic carbocycles. The Kier molecular flexibility index (Phi) is 6.20. The molecule has 1 atom stereocenters. The van der Waals surface area contributed by atoms with Gasteiger partial charge in [0.25, 0.3) is 5.56 Å². The number of hydrogen-bond acceptors (Lipinski definition) is 6. The molecule has 1 aromatic carbocycles. The largest absolute Gasteiger partial charge is 0.377 e. The number of hydrogen-bond donors (Lipinski definition) is 2. The summed E-state index contributed by atoms with van der Waals surface area (Å²) in [7, 11) is 3.69. The molecule has 4 aromatic heterocycles. The molecule has 0 spiro atoms. The molecule has 196 valence electrons. The predicted octanol–water partition coefficient (Wildman–Crippen LogP) is 4.74. The molecule has 1 aliphatic rings. The highest BCUT2D eigenvalue weighted by atomic mass is 35.5. The van der Waals surface area contributed by atoms with Crippen LogP contribution >= 0.6 is 11.6 Å². The Bertz CT molecular complexity index is 1730. The molecule has 9 nitrogen and oxygen atoms in total. The van der Waals surface area contributed by atoms with Crippen LogP contribution in [0.5, 0.6) is 0 Å². The molecule has 0 radical (unpaired) electrons. The van der Waals surface area contributed by atoms with Crippen molar-refractivity contribution in [2.45, 2.75) is 38.8 Å². The highest BCUT2D eigenvalue weighted by Gasteiger charge is 2.23. The van der Waals surface area contributed by atoms with Gasteiger partial charge < -0.3 is 10.6 Å². The number of pyridine rings is 2. The van der Waals surface area contributed by atoms with Gasteiger partial charge in [0, 0.05) is 54.3 Å². The van der Waals surface area contributed by atoms with Gasteiger partial charge >= 0.3 is 0 Å². The quantitative estimate of drug-likeness (QED) is 0.319. The lowest BCUT2D eigenvalue weighted by Gasteiger charge is -2.22. The zero-order chi connectivity index (χ0) is 26.6. The first-order valence-electron chi connectivity index (χ1n) is 12.9. The molecule has 1 fully saturated rings. The normalized spacial score (nSPS) is 15.4. The summed E-state index contributed by atoms with van der Waals surface area (Å²) in [4.78, 5) is 18.1. The average molecular weight is 531 g/mol. The number of anilines is 1. The van der Waals surface area contributed by atoms with Gasteiger partial charge in [0.1, 0.15) is 5.15 Å². The van der Waals surface area contributed by atoms with E-state index in [1.165, 1.54) is 0 Å². The summed E-state index contributed by atoms with van der Waals surface area (Å²) < 4.78 is 5.49. The molecule has 2 N–H and O–H groups in total. The molecule has 0 amide bonds. The summed E-state index contributed by atoms with van der Waals surface area (Å²) in [5.41, 5.74) is 5.19. The number of fused-ring (bicyclic) bond motifs is 3. The third-order valence-electron chi connectivity index (χ3n) is 7.51. The Labute approximate surface area is 225 Å². The van der Waals surface area contributed by atoms with Gasteiger partial charge in [-0.15, -0.1) is 0 Å². The van der Waals surface area contributed by atoms with E-state index in [0.29, 0.717) is 22.2 Å². The number of nitrogens with one attached hydrogen (secondary N) is 2. The van der Waals surface area contributed by atoms with E-state index in [2.05, 4.69) is 44.6 Å². The Hall–Kier alpha value is -3.69. The van der Waals surface area contributed by atoms with Crippen LogP contribution < -0.4 is 16.2 Å². The van der Waals surface area contributed by atoms with Gasteiger partial charge in [-0.3, -0.25) is 18.7 Å². The first-order valence-corrected chi connectivity index (χ1v) is 13.3. The van der Waals surface area contributed by atoms with Crippen molar-refractivity contribution in [2.75, 3.05) is 18.4 Å². The van der Waals surface area contributed by atoms with Crippen molar-refractivity contribution in [3.63, 3.8) is 0 Å². The van der Waals surface area contributed by atoms with E-state index in [1.807, 2.05) is 39.3 Å². The molecule has 5 aromatic rings. The predicted molar refractivity (Wildman–Crippen MR) is 152 cm³/mol. The van der Waals surface area contributed by atoms with Gasteiger partial charge in [-0.2, -0.15) is 10.2 Å². The minimum absolute atomic E-state index is 0.0376. The highest BCUT2D eigenvalue weighted by Crippen LogP contribution is 2.35. The summed E-state index contributed by atoms with van der Waals surface area (Å²) in [5.74, 6) is 0. The fourth-order valence-corrected chi connectivity index (χ4v) is 5.74. The van der Waals surface area contributed by atoms with Crippen LogP contribution in [0.15, 0.2) is 47.7 Å². The zero-order valence-corrected chi connectivity index (χ0v) is 22.8. The molecule has 10 heteroatoms. The van der Waals surface area contributed by atoms with Gasteiger partial charge in [0.2, 0.25) is 0 Å². The molecule has 0 bridgehead atoms. The second-order valence-electron chi connectivity index (χ2n) is 10.3. The molecular formula is C28H31ClN8O. The lowest BCUT2D eigenvalue weighted by Crippen LogP contribution is -2.29. The Balaban J connectivity index is 1.50. The van der Waals surface area contributed by atoms with E-state index in [0.717, 1.165) is 64.8 Å². The van der Waals surface area contributed by atoms with Crippen molar-refractivity contribution in [3.05, 3.63) is 69.5 Å². The lowest BCUT2D eigenvalue weighted by molar-refractivity contribution is 0.344. The minimum Gasteiger partial charge on any atom is -0.377 e. The Morgan fingerprint density at radius 3 is 2.66 bits per heavy atom. The van der Waals surface area contributed by atoms with Crippen LogP contribution in [0.2, 0.25) is 5.15 Å². The van der Waals surface area contributed by atoms with Gasteiger partial charge in [0.15, 0.2) is 5.65 Å². The molecule has 1 unspecified atom stereocenters. The van der Waals surface area contributed by atoms with Crippen molar-refractivity contribution in [1.29, 1.82) is 0 Å². The summed E-state index contributed by atoms with van der Waals surface area (Å²) in [5, 5.41) is 19.3. The van der Waals surface area contributed by atoms with Crippen molar-refractivity contribution >= 4 is 39.1 Å². The maximum absolute atomic E-state index is 13.5. The van der Waals surface area contributed by atoms with Gasteiger partial charge in [-0.1, -0.05) is 17.7 Å². The maximum Gasteiger partial charge on any atom is 0.259 e. The molecular weight excluding hydrogens is 500 g/mol. The van der Waals surface area contributed by atoms with Gasteiger partial charge in [0.05, 0.1) is 23.6 Å². The minimum atomic E-state index is -0.131. The summed E-state index contributed by atoms with van der Waals surface area (Å²) in [6.45, 7) is 6.08. The SMILES string of the molecule is Cc1cc(C(C)Nc2ccc(Cl)nc2-c2cnn(C)c2)c2c(c1)c(=O)n(C)c1nn(C3CCNCC3)cc21. The summed E-state index contributed by atoms with van der Waals surface area (Å²) >= 11 is 6.27. The fourth-order valence-electron chi connectivity index (χ4n) is 5.59. The maximum atomic E-state index is 13.5. The summed E-state index contributed by atoms with van der Waals surface area (Å²) in [6.07, 6.45) is 7.86. The third kappa shape index (κ3) is 4.25. The smallest absolute Gasteiger partial charge is 0.259 e. The summed E-state index contributed by atoms with van der Waals surface area (Å²) in [6, 6.07) is 8.06. The molecule has 0 saturated carbocycles. The van der Waals surface area contributed by atoms with E-state index < -0.39 is 0 Å². The molecule has 5 heterocycles. The van der Waals surface area contributed by atoms with E-state index in [9.17, 15) is 4.79 Å². The topological polar surface area (TPSA) is 94.6 Å². The number of aryl methyl sites for hydroxylation is 3. The van der Waals surface area contributed by atoms with Crippen molar-refractivity contribution in [2.24, 2.45) is 14.1 Å². The van der Waals surface area contributed by atoms with Crippen molar-refractivity contribution < 1.29 is 0 Å². The van der Waals surface area contributed by atoms with Crippen LogP contribution in [0.4, 0.5) is 5.69 Å². The molecule has 38 heavy (non-hydrogen) atoms. The molecule has 6 rings (SSSR count). The standard InChI is InChI=1S/C28H31ClN8O/c1-16-11-20(17(2)32-23-5-6-24(29)33-26(23)18-13-31-35(3)14-18)25-21(12-16)28(38)36(4)27-22(25)15-37(34-27)19-7-9-30-10-8-19/h5-6,11-15,17,19,30,32H,7-10H2,1-4H3. The molecule has 1 saturated heterocycles. The van der Waals surface area contributed by atoms with Gasteiger partial charge in [-0.25, -0.2) is 4.98 Å². The number of rotatable bonds is 5. The number of aromatic nitrogens is 6. The van der Waals surface area contributed by atoms with E-state index in [-0.39, 0.29) is 11.6 Å². The van der Waals surface area contributed by atoms with Crippen LogP contribution in [0, 0.1) is 6.92 Å². The number of benzene rings is 1. The Morgan fingerprint density at radius 2 is 1.92 bits per heavy atom. The van der Waals surface area contributed by atoms with Crippen LogP contribution in [0.1, 0.15) is 43.0 Å². The first kappa shape index (κ1) is 24.6. The van der Waals surface area contributed by atoms with E-state index in [1.54, 1.807) is 21.5 Å². The highest BCUT2D eigenvalue weighted by molar-refractivity contribution is 6.29. The number of nitrogens with zero attached hydrogens (tertiary/aromatic N) is 6. The second-order valence-corrected chi connectivity index (χ2v) is 10.7. The van der Waals surface area contributed by atoms with Crippen LogP contribution in [0.3, 0.4) is 0 Å². The Morgan fingerprint density at radius 1 is 1.13 bits per heavy atom. The monoisotopic (exact) mass is 530 g/mol. The van der Waals surface area contributed by atoms with E-state index >= 15 is 0 Å². The van der Waals surface area contributed by atoms with Crippen LogP contribution in [-0.2, 0) is 14.1 Å². The van der Waals surface area contributed by atoms with Crippen molar-refractivity contribution in [1.82, 2.24) is 34.4 Å².